The number of rotatable bonds is 4. The number of hydrogen-bond acceptors (Lipinski definition) is 4. The van der Waals surface area contributed by atoms with Crippen LogP contribution < -0.4 is 11.1 Å². The lowest BCUT2D eigenvalue weighted by Gasteiger charge is -2.12. The van der Waals surface area contributed by atoms with E-state index in [0.717, 1.165) is 0 Å². The van der Waals surface area contributed by atoms with E-state index in [2.05, 4.69) is 5.32 Å². The van der Waals surface area contributed by atoms with Crippen molar-refractivity contribution in [3.63, 3.8) is 0 Å². The summed E-state index contributed by atoms with van der Waals surface area (Å²) in [7, 11) is 0. The molecule has 0 bridgehead atoms. The topological polar surface area (TPSA) is 81.4 Å². The molecule has 0 aliphatic rings. The molecule has 0 saturated carbocycles. The number of ether oxygens (including phenoxy) is 1. The van der Waals surface area contributed by atoms with E-state index in [0.29, 0.717) is 17.9 Å². The zero-order valence-corrected chi connectivity index (χ0v) is 9.90. The molecule has 3 N–H and O–H groups in total. The predicted octanol–water partition coefficient (Wildman–Crippen LogP) is 0.950. The van der Waals surface area contributed by atoms with Crippen LogP contribution >= 0.6 is 0 Å². The van der Waals surface area contributed by atoms with E-state index >= 15 is 0 Å². The van der Waals surface area contributed by atoms with Gasteiger partial charge < -0.3 is 15.8 Å². The third kappa shape index (κ3) is 3.79. The van der Waals surface area contributed by atoms with Crippen LogP contribution in [0.15, 0.2) is 24.3 Å². The second-order valence-electron chi connectivity index (χ2n) is 3.57. The van der Waals surface area contributed by atoms with Crippen molar-refractivity contribution in [3.05, 3.63) is 29.8 Å². The van der Waals surface area contributed by atoms with E-state index in [9.17, 15) is 9.59 Å². The lowest BCUT2D eigenvalue weighted by molar-refractivity contribution is -0.144. The van der Waals surface area contributed by atoms with Gasteiger partial charge in [0, 0.05) is 11.3 Å². The van der Waals surface area contributed by atoms with E-state index in [1.54, 1.807) is 38.1 Å². The quantitative estimate of drug-likeness (QED) is 0.602. The fourth-order valence-electron chi connectivity index (χ4n) is 1.24. The van der Waals surface area contributed by atoms with Crippen LogP contribution in [-0.4, -0.2) is 24.5 Å². The standard InChI is InChI=1S/C12H16N2O3/c1-3-17-12(16)8(2)14-11(15)9-4-6-10(13)7-5-9/h4-8H,3,13H2,1-2H3,(H,14,15)/t8-/m1/s1. The first kappa shape index (κ1) is 13.0. The van der Waals surface area contributed by atoms with Gasteiger partial charge in [-0.1, -0.05) is 0 Å². The van der Waals surface area contributed by atoms with Gasteiger partial charge in [0.25, 0.3) is 5.91 Å². The van der Waals surface area contributed by atoms with E-state index in [1.165, 1.54) is 0 Å². The Balaban J connectivity index is 2.60. The van der Waals surface area contributed by atoms with Crippen molar-refractivity contribution < 1.29 is 14.3 Å². The highest BCUT2D eigenvalue weighted by Gasteiger charge is 2.17. The minimum absolute atomic E-state index is 0.293. The van der Waals surface area contributed by atoms with Crippen LogP contribution in [0.1, 0.15) is 24.2 Å². The maximum atomic E-state index is 11.7. The second-order valence-corrected chi connectivity index (χ2v) is 3.57. The highest BCUT2D eigenvalue weighted by atomic mass is 16.5. The number of carbonyl (C=O) groups excluding carboxylic acids is 2. The molecule has 0 spiro atoms. The molecule has 0 fully saturated rings. The first-order valence-corrected chi connectivity index (χ1v) is 5.37. The molecule has 1 aromatic carbocycles. The van der Waals surface area contributed by atoms with Crippen molar-refractivity contribution >= 4 is 17.6 Å². The summed E-state index contributed by atoms with van der Waals surface area (Å²) < 4.78 is 4.79. The molecule has 0 aromatic heterocycles. The molecule has 1 amide bonds. The molecule has 1 atom stereocenters. The molecule has 5 nitrogen and oxygen atoms in total. The number of nitrogens with one attached hydrogen (secondary N) is 1. The van der Waals surface area contributed by atoms with Crippen molar-refractivity contribution in [2.45, 2.75) is 19.9 Å². The van der Waals surface area contributed by atoms with Crippen molar-refractivity contribution in [2.24, 2.45) is 0 Å². The SMILES string of the molecule is CCOC(=O)[C@@H](C)NC(=O)c1ccc(N)cc1. The molecular weight excluding hydrogens is 220 g/mol. The van der Waals surface area contributed by atoms with Crippen molar-refractivity contribution in [1.82, 2.24) is 5.32 Å². The first-order chi connectivity index (χ1) is 8.04. The molecule has 0 saturated heterocycles. The zero-order chi connectivity index (χ0) is 12.8. The molecule has 0 unspecified atom stereocenters. The smallest absolute Gasteiger partial charge is 0.328 e. The normalized spacial score (nSPS) is 11.6. The Bertz CT molecular complexity index is 401. The second kappa shape index (κ2) is 5.89. The Morgan fingerprint density at radius 2 is 1.94 bits per heavy atom. The molecule has 0 radical (unpaired) electrons. The molecule has 1 rings (SSSR count). The number of nitrogens with two attached hydrogens (primary N) is 1. The Hall–Kier alpha value is -2.04. The van der Waals surface area contributed by atoms with Crippen LogP contribution in [0.3, 0.4) is 0 Å². The van der Waals surface area contributed by atoms with Crippen LogP contribution in [-0.2, 0) is 9.53 Å². The Morgan fingerprint density at radius 1 is 1.35 bits per heavy atom. The van der Waals surface area contributed by atoms with E-state index < -0.39 is 12.0 Å². The Morgan fingerprint density at radius 3 is 2.47 bits per heavy atom. The third-order valence-corrected chi connectivity index (χ3v) is 2.16. The molecule has 5 heteroatoms. The lowest BCUT2D eigenvalue weighted by Crippen LogP contribution is -2.39. The summed E-state index contributed by atoms with van der Waals surface area (Å²) in [5, 5.41) is 2.55. The van der Waals surface area contributed by atoms with E-state index in [-0.39, 0.29) is 5.91 Å². The van der Waals surface area contributed by atoms with Crippen LogP contribution in [0.25, 0.3) is 0 Å². The number of anilines is 1. The summed E-state index contributed by atoms with van der Waals surface area (Å²) in [5.41, 5.74) is 6.55. The van der Waals surface area contributed by atoms with Gasteiger partial charge in [-0.05, 0) is 38.1 Å². The maximum Gasteiger partial charge on any atom is 0.328 e. The van der Waals surface area contributed by atoms with Crippen molar-refractivity contribution in [3.8, 4) is 0 Å². The number of carbonyl (C=O) groups is 2. The molecule has 0 aliphatic heterocycles. The number of benzene rings is 1. The largest absolute Gasteiger partial charge is 0.464 e. The summed E-state index contributed by atoms with van der Waals surface area (Å²) in [4.78, 5) is 23.0. The van der Waals surface area contributed by atoms with Gasteiger partial charge in [-0.15, -0.1) is 0 Å². The van der Waals surface area contributed by atoms with Gasteiger partial charge in [-0.3, -0.25) is 4.79 Å². The fraction of sp³-hybridized carbons (Fsp3) is 0.333. The summed E-state index contributed by atoms with van der Waals surface area (Å²) in [5.74, 6) is -0.776. The van der Waals surface area contributed by atoms with E-state index in [1.807, 2.05) is 0 Å². The molecule has 1 aromatic rings. The monoisotopic (exact) mass is 236 g/mol. The summed E-state index contributed by atoms with van der Waals surface area (Å²) in [6.07, 6.45) is 0. The number of esters is 1. The minimum Gasteiger partial charge on any atom is -0.464 e. The van der Waals surface area contributed by atoms with Gasteiger partial charge >= 0.3 is 5.97 Å². The molecule has 17 heavy (non-hydrogen) atoms. The molecule has 92 valence electrons. The highest BCUT2D eigenvalue weighted by molar-refractivity contribution is 5.96. The van der Waals surface area contributed by atoms with Gasteiger partial charge in [0.2, 0.25) is 0 Å². The summed E-state index contributed by atoms with van der Waals surface area (Å²) >= 11 is 0. The number of amides is 1. The number of nitrogen functional groups attached to an aromatic ring is 1. The first-order valence-electron chi connectivity index (χ1n) is 5.37. The number of hydrogen-bond donors (Lipinski definition) is 2. The summed E-state index contributed by atoms with van der Waals surface area (Å²) in [6.45, 7) is 3.58. The highest BCUT2D eigenvalue weighted by Crippen LogP contribution is 2.05. The lowest BCUT2D eigenvalue weighted by atomic mass is 10.2. The molecule has 0 heterocycles. The van der Waals surface area contributed by atoms with E-state index in [4.69, 9.17) is 10.5 Å². The van der Waals surface area contributed by atoms with Crippen LogP contribution in [0.5, 0.6) is 0 Å². The van der Waals surface area contributed by atoms with Crippen LogP contribution in [0.4, 0.5) is 5.69 Å². The molecule has 0 aliphatic carbocycles. The van der Waals surface area contributed by atoms with Crippen molar-refractivity contribution in [1.29, 1.82) is 0 Å². The van der Waals surface area contributed by atoms with Gasteiger partial charge in [0.15, 0.2) is 0 Å². The fourth-order valence-corrected chi connectivity index (χ4v) is 1.24. The van der Waals surface area contributed by atoms with Crippen LogP contribution in [0.2, 0.25) is 0 Å². The van der Waals surface area contributed by atoms with Gasteiger partial charge in [-0.2, -0.15) is 0 Å². The Kier molecular flexibility index (Phi) is 4.51. The third-order valence-electron chi connectivity index (χ3n) is 2.16. The van der Waals surface area contributed by atoms with Gasteiger partial charge in [-0.25, -0.2) is 4.79 Å². The van der Waals surface area contributed by atoms with Crippen molar-refractivity contribution in [2.75, 3.05) is 12.3 Å². The Labute approximate surface area is 99.9 Å². The zero-order valence-electron chi connectivity index (χ0n) is 9.90. The maximum absolute atomic E-state index is 11.7. The minimum atomic E-state index is -0.667. The van der Waals surface area contributed by atoms with Gasteiger partial charge in [0.05, 0.1) is 6.61 Å². The van der Waals surface area contributed by atoms with Gasteiger partial charge in [0.1, 0.15) is 6.04 Å². The summed E-state index contributed by atoms with van der Waals surface area (Å²) in [6, 6.07) is 5.79. The predicted molar refractivity (Wildman–Crippen MR) is 64.4 cm³/mol. The average Bonchev–Trinajstić information content (AvgIpc) is 2.30. The average molecular weight is 236 g/mol. The van der Waals surface area contributed by atoms with Crippen LogP contribution in [0, 0.1) is 0 Å². The molecular formula is C12H16N2O3.